The van der Waals surface area contributed by atoms with E-state index in [0.717, 1.165) is 0 Å². The average molecular weight is 474 g/mol. The van der Waals surface area contributed by atoms with Crippen LogP contribution in [0.1, 0.15) is 31.7 Å². The third-order valence-corrected chi connectivity index (χ3v) is 5.15. The molecule has 0 bridgehead atoms. The molecule has 1 unspecified atom stereocenters. The van der Waals surface area contributed by atoms with Crippen LogP contribution in [0.25, 0.3) is 0 Å². The summed E-state index contributed by atoms with van der Waals surface area (Å²) in [5.74, 6) is -2.49. The molecule has 0 spiro atoms. The van der Waals surface area contributed by atoms with Crippen LogP contribution in [0.5, 0.6) is 0 Å². The van der Waals surface area contributed by atoms with Crippen molar-refractivity contribution in [3.8, 4) is 0 Å². The van der Waals surface area contributed by atoms with E-state index in [1.807, 2.05) is 0 Å². The third-order valence-electron chi connectivity index (χ3n) is 4.32. The van der Waals surface area contributed by atoms with Crippen molar-refractivity contribution in [3.05, 3.63) is 66.6 Å². The number of ether oxygens (including phenoxy) is 2. The highest BCUT2D eigenvalue weighted by Crippen LogP contribution is 2.42. The Morgan fingerprint density at radius 2 is 1.87 bits per heavy atom. The quantitative estimate of drug-likeness (QED) is 0.239. The number of hydrogen-bond acceptors (Lipinski definition) is 9. The molecule has 0 aliphatic carbocycles. The second kappa shape index (κ2) is 10.9. The Kier molecular flexibility index (Phi) is 8.52. The van der Waals surface area contributed by atoms with E-state index in [-0.39, 0.29) is 53.3 Å². The van der Waals surface area contributed by atoms with Gasteiger partial charge in [0.25, 0.3) is 5.09 Å². The van der Waals surface area contributed by atoms with E-state index < -0.39 is 22.9 Å². The van der Waals surface area contributed by atoms with E-state index in [2.05, 4.69) is 10.2 Å². The molecule has 0 aromatic heterocycles. The average Bonchev–Trinajstić information content (AvgIpc) is 2.69. The molecule has 12 heteroatoms. The number of nitrogens with one attached hydrogen (secondary N) is 1. The second-order valence-electron chi connectivity index (χ2n) is 6.33. The lowest BCUT2D eigenvalue weighted by Crippen LogP contribution is -2.36. The maximum Gasteiger partial charge on any atom is 0.338 e. The molecular weight excluding hydrogens is 453 g/mol. The minimum atomic E-state index is -1.01. The highest BCUT2D eigenvalue weighted by Gasteiger charge is 2.39. The normalized spacial score (nSPS) is 15.9. The van der Waals surface area contributed by atoms with E-state index in [1.54, 1.807) is 32.0 Å². The summed E-state index contributed by atoms with van der Waals surface area (Å²) in [6.45, 7) is 2.93. The number of carbonyl (C=O) groups excluding carboxylic acids is 2. The molecule has 1 aliphatic rings. The van der Waals surface area contributed by atoms with Crippen molar-refractivity contribution < 1.29 is 29.0 Å². The molecule has 1 heterocycles. The molecule has 0 saturated carbocycles. The number of hydrogen-bond donors (Lipinski definition) is 2. The summed E-state index contributed by atoms with van der Waals surface area (Å²) in [5, 5.41) is 12.4. The van der Waals surface area contributed by atoms with Crippen LogP contribution >= 0.6 is 23.2 Å². The minimum Gasteiger partial charge on any atom is -0.463 e. The van der Waals surface area contributed by atoms with Crippen LogP contribution < -0.4 is 11.1 Å². The SMILES string of the molecule is CCOC(=O)C1=C(N)NC(C)=C(C(=O)OCCCO[N+](=O)[O-])C1c1cccc(Cl)c1Cl. The molecule has 1 aromatic rings. The van der Waals surface area contributed by atoms with E-state index in [4.69, 9.17) is 38.4 Å². The number of nitrogens with zero attached hydrogens (tertiary/aromatic N) is 1. The van der Waals surface area contributed by atoms with Crippen LogP contribution in [0.2, 0.25) is 10.0 Å². The molecule has 0 saturated heterocycles. The first kappa shape index (κ1) is 24.3. The largest absolute Gasteiger partial charge is 0.463 e. The van der Waals surface area contributed by atoms with E-state index in [1.165, 1.54) is 0 Å². The zero-order valence-electron chi connectivity index (χ0n) is 16.8. The van der Waals surface area contributed by atoms with Crippen LogP contribution in [0.15, 0.2) is 40.9 Å². The fourth-order valence-corrected chi connectivity index (χ4v) is 3.47. The molecule has 1 aromatic carbocycles. The number of nitrogens with two attached hydrogens (primary N) is 1. The van der Waals surface area contributed by atoms with E-state index >= 15 is 0 Å². The van der Waals surface area contributed by atoms with E-state index in [0.29, 0.717) is 11.3 Å². The standard InChI is InChI=1S/C19H21Cl2N3O7/c1-3-29-19(26)15-14(11-6-4-7-12(20)16(11)21)13(10(2)23-17(15)22)18(25)30-8-5-9-31-24(27)28/h4,6-7,14,23H,3,5,8-9,22H2,1-2H3. The fraction of sp³-hybridized carbons (Fsp3) is 0.368. The van der Waals surface area contributed by atoms with Crippen molar-refractivity contribution in [2.45, 2.75) is 26.2 Å². The first-order valence-corrected chi connectivity index (χ1v) is 9.97. The highest BCUT2D eigenvalue weighted by molar-refractivity contribution is 6.42. The van der Waals surface area contributed by atoms with E-state index in [9.17, 15) is 19.7 Å². The maximum absolute atomic E-state index is 12.9. The van der Waals surface area contributed by atoms with Crippen LogP contribution in [0, 0.1) is 10.1 Å². The second-order valence-corrected chi connectivity index (χ2v) is 7.12. The summed E-state index contributed by atoms with van der Waals surface area (Å²) < 4.78 is 10.4. The molecule has 168 valence electrons. The topological polar surface area (TPSA) is 143 Å². The van der Waals surface area contributed by atoms with Crippen LogP contribution in [-0.4, -0.2) is 36.8 Å². The molecule has 2 rings (SSSR count). The maximum atomic E-state index is 12.9. The Hall–Kier alpha value is -2.98. The first-order valence-electron chi connectivity index (χ1n) is 9.21. The predicted octanol–water partition coefficient (Wildman–Crippen LogP) is 2.83. The first-order chi connectivity index (χ1) is 14.7. The number of allylic oxidation sites excluding steroid dienone is 1. The van der Waals surface area contributed by atoms with Gasteiger partial charge in [-0.15, -0.1) is 10.1 Å². The molecule has 10 nitrogen and oxygen atoms in total. The van der Waals surface area contributed by atoms with Gasteiger partial charge in [0.1, 0.15) is 5.82 Å². The lowest BCUT2D eigenvalue weighted by Gasteiger charge is -2.30. The lowest BCUT2D eigenvalue weighted by molar-refractivity contribution is -0.757. The van der Waals surface area contributed by atoms with Crippen molar-refractivity contribution >= 4 is 35.1 Å². The summed E-state index contributed by atoms with van der Waals surface area (Å²) in [4.78, 5) is 40.0. The van der Waals surface area contributed by atoms with Crippen LogP contribution in [0.4, 0.5) is 0 Å². The van der Waals surface area contributed by atoms with Gasteiger partial charge in [-0.25, -0.2) is 9.59 Å². The van der Waals surface area contributed by atoms with Gasteiger partial charge in [0.2, 0.25) is 0 Å². The van der Waals surface area contributed by atoms with Crippen molar-refractivity contribution in [1.29, 1.82) is 0 Å². The highest BCUT2D eigenvalue weighted by atomic mass is 35.5. The smallest absolute Gasteiger partial charge is 0.338 e. The Bertz CT molecular complexity index is 946. The Balaban J connectivity index is 2.43. The van der Waals surface area contributed by atoms with Gasteiger partial charge in [-0.2, -0.15) is 0 Å². The Labute approximate surface area is 188 Å². The minimum absolute atomic E-state index is 0.00734. The number of rotatable bonds is 9. The van der Waals surface area contributed by atoms with Gasteiger partial charge in [-0.1, -0.05) is 35.3 Å². The summed E-state index contributed by atoms with van der Waals surface area (Å²) in [5.41, 5.74) is 6.85. The van der Waals surface area contributed by atoms with Gasteiger partial charge in [-0.3, -0.25) is 0 Å². The Morgan fingerprint density at radius 3 is 2.52 bits per heavy atom. The van der Waals surface area contributed by atoms with Crippen molar-refractivity contribution in [2.75, 3.05) is 19.8 Å². The molecule has 1 atom stereocenters. The molecular formula is C19H21Cl2N3O7. The van der Waals surface area contributed by atoms with Crippen molar-refractivity contribution in [2.24, 2.45) is 5.73 Å². The zero-order chi connectivity index (χ0) is 23.1. The summed E-state index contributed by atoms with van der Waals surface area (Å²) in [7, 11) is 0. The number of dihydropyridines is 1. The number of carbonyl (C=O) groups is 2. The van der Waals surface area contributed by atoms with Gasteiger partial charge < -0.3 is 25.4 Å². The monoisotopic (exact) mass is 473 g/mol. The molecule has 0 fully saturated rings. The van der Waals surface area contributed by atoms with Gasteiger partial charge in [-0.05, 0) is 25.5 Å². The molecule has 31 heavy (non-hydrogen) atoms. The summed E-state index contributed by atoms with van der Waals surface area (Å²) >= 11 is 12.5. The number of halogens is 2. The third kappa shape index (κ3) is 5.80. The zero-order valence-corrected chi connectivity index (χ0v) is 18.3. The predicted molar refractivity (Wildman–Crippen MR) is 111 cm³/mol. The molecule has 0 amide bonds. The van der Waals surface area contributed by atoms with Gasteiger partial charge in [0.05, 0.1) is 46.9 Å². The number of esters is 2. The van der Waals surface area contributed by atoms with Crippen molar-refractivity contribution in [3.63, 3.8) is 0 Å². The molecule has 1 aliphatic heterocycles. The van der Waals surface area contributed by atoms with Gasteiger partial charge in [0, 0.05) is 12.1 Å². The summed E-state index contributed by atoms with van der Waals surface area (Å²) in [6.07, 6.45) is 0.0950. The van der Waals surface area contributed by atoms with Gasteiger partial charge in [0.15, 0.2) is 0 Å². The number of benzene rings is 1. The Morgan fingerprint density at radius 1 is 1.19 bits per heavy atom. The lowest BCUT2D eigenvalue weighted by atomic mass is 9.81. The van der Waals surface area contributed by atoms with Crippen molar-refractivity contribution in [1.82, 2.24) is 5.32 Å². The van der Waals surface area contributed by atoms with Crippen LogP contribution in [0.3, 0.4) is 0 Å². The summed E-state index contributed by atoms with van der Waals surface area (Å²) in [6, 6.07) is 4.80. The van der Waals surface area contributed by atoms with Crippen LogP contribution in [-0.2, 0) is 23.9 Å². The van der Waals surface area contributed by atoms with Gasteiger partial charge >= 0.3 is 11.9 Å². The molecule has 3 N–H and O–H groups in total. The molecule has 0 radical (unpaired) electrons. The fourth-order valence-electron chi connectivity index (χ4n) is 3.06.